The van der Waals surface area contributed by atoms with E-state index in [9.17, 15) is 4.79 Å². The van der Waals surface area contributed by atoms with E-state index in [2.05, 4.69) is 35.9 Å². The van der Waals surface area contributed by atoms with Gasteiger partial charge in [0.15, 0.2) is 11.4 Å². The fourth-order valence-corrected chi connectivity index (χ4v) is 4.00. The van der Waals surface area contributed by atoms with Gasteiger partial charge in [0.05, 0.1) is 17.0 Å². The molecule has 0 saturated carbocycles. The third-order valence-electron chi connectivity index (χ3n) is 2.40. The van der Waals surface area contributed by atoms with Gasteiger partial charge >= 0.3 is 0 Å². The van der Waals surface area contributed by atoms with Crippen molar-refractivity contribution >= 4 is 56.0 Å². The van der Waals surface area contributed by atoms with Crippen LogP contribution in [-0.2, 0) is 0 Å². The highest BCUT2D eigenvalue weighted by atomic mass is 79.9. The summed E-state index contributed by atoms with van der Waals surface area (Å²) in [6, 6.07) is 1.88. The third-order valence-corrected chi connectivity index (χ3v) is 5.27. The molecule has 0 spiro atoms. The Kier molecular flexibility index (Phi) is 3.63. The molecule has 3 aromatic rings. The molecule has 96 valence electrons. The molecule has 1 N–H and O–H groups in total. The topological polar surface area (TPSA) is 71.5 Å². The zero-order valence-corrected chi connectivity index (χ0v) is 12.7. The van der Waals surface area contributed by atoms with Crippen LogP contribution in [0, 0.1) is 0 Å². The Bertz CT molecular complexity index is 739. The summed E-state index contributed by atoms with van der Waals surface area (Å²) in [4.78, 5) is 28.1. The maximum Gasteiger partial charge on any atom is 0.184 e. The lowest BCUT2D eigenvalue weighted by molar-refractivity contribution is 0.102. The number of thiophene rings is 1. The minimum absolute atomic E-state index is 0.0816. The van der Waals surface area contributed by atoms with Crippen LogP contribution in [0.15, 0.2) is 33.6 Å². The first kappa shape index (κ1) is 12.8. The Morgan fingerprint density at radius 2 is 2.32 bits per heavy atom. The van der Waals surface area contributed by atoms with Crippen LogP contribution in [-0.4, -0.2) is 31.5 Å². The number of Topliss-reactive ketones (excluding diaryl/α,β-unsaturated/α-hetero) is 1. The standard InChI is InChI=1S/C11H7BrN4OS2/c12-6-1-2-18-9(6)7(17)3-19-11-8-10(14-4-13-8)15-5-16-11/h1-2,4-5H,3H2,(H,13,14,15,16). The molecule has 5 nitrogen and oxygen atoms in total. The van der Waals surface area contributed by atoms with Gasteiger partial charge in [-0.2, -0.15) is 0 Å². The highest BCUT2D eigenvalue weighted by molar-refractivity contribution is 9.10. The van der Waals surface area contributed by atoms with Crippen LogP contribution >= 0.6 is 39.0 Å². The van der Waals surface area contributed by atoms with Crippen LogP contribution < -0.4 is 0 Å². The van der Waals surface area contributed by atoms with Gasteiger partial charge in [-0.05, 0) is 27.4 Å². The number of hydrogen-bond acceptors (Lipinski definition) is 6. The van der Waals surface area contributed by atoms with Crippen LogP contribution in [0.25, 0.3) is 11.2 Å². The predicted molar refractivity (Wildman–Crippen MR) is 78.8 cm³/mol. The molecule has 8 heteroatoms. The number of aromatic nitrogens is 4. The normalized spacial score (nSPS) is 11.0. The number of carbonyl (C=O) groups is 1. The number of rotatable bonds is 4. The highest BCUT2D eigenvalue weighted by Gasteiger charge is 2.14. The minimum Gasteiger partial charge on any atom is -0.341 e. The van der Waals surface area contributed by atoms with E-state index in [1.54, 1.807) is 6.33 Å². The number of fused-ring (bicyclic) bond motifs is 1. The van der Waals surface area contributed by atoms with E-state index in [1.807, 2.05) is 11.4 Å². The van der Waals surface area contributed by atoms with Crippen molar-refractivity contribution in [1.82, 2.24) is 19.9 Å². The molecule has 0 saturated heterocycles. The molecule has 3 aromatic heterocycles. The number of nitrogens with one attached hydrogen (secondary N) is 1. The monoisotopic (exact) mass is 354 g/mol. The first-order chi connectivity index (χ1) is 9.25. The number of nitrogens with zero attached hydrogens (tertiary/aromatic N) is 3. The van der Waals surface area contributed by atoms with Gasteiger partial charge in [-0.1, -0.05) is 11.8 Å². The van der Waals surface area contributed by atoms with E-state index in [-0.39, 0.29) is 5.78 Å². The number of aromatic amines is 1. The summed E-state index contributed by atoms with van der Waals surface area (Å²) in [6.45, 7) is 0. The van der Waals surface area contributed by atoms with Crippen molar-refractivity contribution in [3.05, 3.63) is 33.5 Å². The molecule has 0 unspecified atom stereocenters. The Morgan fingerprint density at radius 1 is 1.42 bits per heavy atom. The van der Waals surface area contributed by atoms with E-state index < -0.39 is 0 Å². The summed E-state index contributed by atoms with van der Waals surface area (Å²) >= 11 is 6.18. The second kappa shape index (κ2) is 5.40. The first-order valence-electron chi connectivity index (χ1n) is 5.29. The lowest BCUT2D eigenvalue weighted by Crippen LogP contribution is -2.01. The molecule has 0 aliphatic rings. The van der Waals surface area contributed by atoms with Crippen molar-refractivity contribution in [3.8, 4) is 0 Å². The van der Waals surface area contributed by atoms with Gasteiger partial charge in [0.1, 0.15) is 16.9 Å². The number of carbonyl (C=O) groups excluding carboxylic acids is 1. The smallest absolute Gasteiger partial charge is 0.184 e. The molecular weight excluding hydrogens is 348 g/mol. The Hall–Kier alpha value is -1.25. The summed E-state index contributed by atoms with van der Waals surface area (Å²) in [5, 5.41) is 2.63. The van der Waals surface area contributed by atoms with Crippen LogP contribution in [0.1, 0.15) is 9.67 Å². The van der Waals surface area contributed by atoms with E-state index in [1.165, 1.54) is 29.4 Å². The van der Waals surface area contributed by atoms with Gasteiger partial charge in [0.2, 0.25) is 0 Å². The van der Waals surface area contributed by atoms with Crippen molar-refractivity contribution in [2.24, 2.45) is 0 Å². The van der Waals surface area contributed by atoms with E-state index in [0.717, 1.165) is 19.9 Å². The zero-order chi connectivity index (χ0) is 13.2. The number of ketones is 1. The lowest BCUT2D eigenvalue weighted by Gasteiger charge is -2.00. The van der Waals surface area contributed by atoms with Gasteiger partial charge in [0.25, 0.3) is 0 Å². The molecule has 3 heterocycles. The van der Waals surface area contributed by atoms with Crippen molar-refractivity contribution in [2.75, 3.05) is 5.75 Å². The fourth-order valence-electron chi connectivity index (χ4n) is 1.54. The Morgan fingerprint density at radius 3 is 3.11 bits per heavy atom. The Labute approximate surface area is 125 Å². The summed E-state index contributed by atoms with van der Waals surface area (Å²) in [6.07, 6.45) is 3.03. The molecule has 0 fully saturated rings. The quantitative estimate of drug-likeness (QED) is 0.442. The lowest BCUT2D eigenvalue weighted by atomic mass is 10.3. The molecule has 19 heavy (non-hydrogen) atoms. The van der Waals surface area contributed by atoms with Crippen LogP contribution in [0.5, 0.6) is 0 Å². The number of halogens is 1. The maximum atomic E-state index is 12.1. The average molecular weight is 355 g/mol. The SMILES string of the molecule is O=C(CSc1ncnc2nc[nH]c12)c1sccc1Br. The zero-order valence-electron chi connectivity index (χ0n) is 9.46. The van der Waals surface area contributed by atoms with Gasteiger partial charge in [-0.25, -0.2) is 15.0 Å². The maximum absolute atomic E-state index is 12.1. The second-order valence-electron chi connectivity index (χ2n) is 3.59. The van der Waals surface area contributed by atoms with Gasteiger partial charge < -0.3 is 4.98 Å². The number of thioether (sulfide) groups is 1. The van der Waals surface area contributed by atoms with E-state index >= 15 is 0 Å². The molecule has 0 bridgehead atoms. The number of hydrogen-bond donors (Lipinski definition) is 1. The number of H-pyrrole nitrogens is 1. The molecule has 0 aliphatic heterocycles. The largest absolute Gasteiger partial charge is 0.341 e. The van der Waals surface area contributed by atoms with Gasteiger partial charge in [0, 0.05) is 4.47 Å². The Balaban J connectivity index is 1.78. The molecule has 0 aliphatic carbocycles. The second-order valence-corrected chi connectivity index (χ2v) is 6.32. The molecule has 0 amide bonds. The highest BCUT2D eigenvalue weighted by Crippen LogP contribution is 2.27. The minimum atomic E-state index is 0.0816. The van der Waals surface area contributed by atoms with Gasteiger partial charge in [-0.15, -0.1) is 11.3 Å². The van der Waals surface area contributed by atoms with Crippen LogP contribution in [0.3, 0.4) is 0 Å². The summed E-state index contributed by atoms with van der Waals surface area (Å²) < 4.78 is 0.845. The van der Waals surface area contributed by atoms with Crippen LogP contribution in [0.4, 0.5) is 0 Å². The van der Waals surface area contributed by atoms with Crippen LogP contribution in [0.2, 0.25) is 0 Å². The summed E-state index contributed by atoms with van der Waals surface area (Å²) in [5.74, 6) is 0.419. The van der Waals surface area contributed by atoms with Crippen molar-refractivity contribution in [2.45, 2.75) is 5.03 Å². The van der Waals surface area contributed by atoms with E-state index in [0.29, 0.717) is 11.4 Å². The van der Waals surface area contributed by atoms with Crippen molar-refractivity contribution < 1.29 is 4.79 Å². The molecule has 0 radical (unpaired) electrons. The van der Waals surface area contributed by atoms with E-state index in [4.69, 9.17) is 0 Å². The first-order valence-corrected chi connectivity index (χ1v) is 7.94. The third kappa shape index (κ3) is 2.56. The summed E-state index contributed by atoms with van der Waals surface area (Å²) in [5.41, 5.74) is 1.38. The van der Waals surface area contributed by atoms with Crippen molar-refractivity contribution in [3.63, 3.8) is 0 Å². The predicted octanol–water partition coefficient (Wildman–Crippen LogP) is 3.15. The number of imidazole rings is 1. The summed E-state index contributed by atoms with van der Waals surface area (Å²) in [7, 11) is 0. The molecule has 0 atom stereocenters. The molecule has 3 rings (SSSR count). The van der Waals surface area contributed by atoms with Crippen molar-refractivity contribution in [1.29, 1.82) is 0 Å². The van der Waals surface area contributed by atoms with Gasteiger partial charge in [-0.3, -0.25) is 4.79 Å². The fraction of sp³-hybridized carbons (Fsp3) is 0.0909. The average Bonchev–Trinajstić information content (AvgIpc) is 3.04. The molecule has 0 aromatic carbocycles. The molecular formula is C11H7BrN4OS2.